The molecule has 1 atom stereocenters. The van der Waals surface area contributed by atoms with Gasteiger partial charge in [0.15, 0.2) is 0 Å². The van der Waals surface area contributed by atoms with Crippen LogP contribution in [0.5, 0.6) is 17.4 Å². The molecule has 1 saturated heterocycles. The van der Waals surface area contributed by atoms with Crippen molar-refractivity contribution in [2.45, 2.75) is 32.4 Å². The molecule has 1 aromatic heterocycles. The Labute approximate surface area is 168 Å². The Hall–Kier alpha value is -3.31. The average Bonchev–Trinajstić information content (AvgIpc) is 3.24. The van der Waals surface area contributed by atoms with Crippen LogP contribution in [-0.4, -0.2) is 42.8 Å². The van der Waals surface area contributed by atoms with E-state index in [1.54, 1.807) is 32.2 Å². The van der Waals surface area contributed by atoms with Gasteiger partial charge in [-0.25, -0.2) is 0 Å². The second-order valence-electron chi connectivity index (χ2n) is 6.70. The molecule has 2 heterocycles. The van der Waals surface area contributed by atoms with Crippen molar-refractivity contribution in [3.8, 4) is 23.4 Å². The highest BCUT2D eigenvalue weighted by molar-refractivity contribution is 5.88. The molecule has 1 aliphatic rings. The van der Waals surface area contributed by atoms with Gasteiger partial charge in [0, 0.05) is 18.9 Å². The third-order valence-corrected chi connectivity index (χ3v) is 4.98. The Bertz CT molecular complexity index is 1030. The van der Waals surface area contributed by atoms with Crippen LogP contribution in [-0.2, 0) is 11.3 Å². The van der Waals surface area contributed by atoms with Crippen LogP contribution in [0.1, 0.15) is 29.5 Å². The molecule has 8 nitrogen and oxygen atoms in total. The Balaban J connectivity index is 2.06. The quantitative estimate of drug-likeness (QED) is 0.751. The number of aromatic hydroxyl groups is 1. The molecule has 1 aliphatic heterocycles. The first kappa shape index (κ1) is 20.4. The highest BCUT2D eigenvalue weighted by Gasteiger charge is 2.23. The lowest BCUT2D eigenvalue weighted by molar-refractivity contribution is 0.0938. The zero-order chi connectivity index (χ0) is 21.0. The lowest BCUT2D eigenvalue weighted by Crippen LogP contribution is -2.29. The van der Waals surface area contributed by atoms with E-state index < -0.39 is 5.56 Å². The van der Waals surface area contributed by atoms with Crippen LogP contribution >= 0.6 is 0 Å². The van der Waals surface area contributed by atoms with E-state index in [4.69, 9.17) is 14.2 Å². The SMILES string of the molecule is COc1ccc(N=Cc2c(C)c(C#N)c(=O)n(CC3CCCO3)c2O)c(OC)c1. The Morgan fingerprint density at radius 1 is 1.41 bits per heavy atom. The second-order valence-corrected chi connectivity index (χ2v) is 6.70. The molecule has 1 aromatic carbocycles. The molecule has 1 N–H and O–H groups in total. The highest BCUT2D eigenvalue weighted by atomic mass is 16.5. The van der Waals surface area contributed by atoms with Gasteiger partial charge >= 0.3 is 0 Å². The molecule has 8 heteroatoms. The maximum absolute atomic E-state index is 12.7. The molecule has 0 amide bonds. The molecule has 0 bridgehead atoms. The number of aliphatic imine (C=N–C) groups is 1. The van der Waals surface area contributed by atoms with Gasteiger partial charge in [0.1, 0.15) is 28.8 Å². The summed E-state index contributed by atoms with van der Waals surface area (Å²) in [6.45, 7) is 2.43. The third-order valence-electron chi connectivity index (χ3n) is 4.98. The Morgan fingerprint density at radius 2 is 2.21 bits per heavy atom. The van der Waals surface area contributed by atoms with Crippen LogP contribution in [0.25, 0.3) is 0 Å². The van der Waals surface area contributed by atoms with Crippen molar-refractivity contribution < 1.29 is 19.3 Å². The highest BCUT2D eigenvalue weighted by Crippen LogP contribution is 2.32. The first-order chi connectivity index (χ1) is 14.0. The van der Waals surface area contributed by atoms with Gasteiger partial charge in [0.25, 0.3) is 5.56 Å². The van der Waals surface area contributed by atoms with Gasteiger partial charge in [-0.15, -0.1) is 0 Å². The molecule has 0 radical (unpaired) electrons. The minimum absolute atomic E-state index is 0.0241. The molecule has 1 unspecified atom stereocenters. The van der Waals surface area contributed by atoms with Crippen LogP contribution in [0.4, 0.5) is 5.69 Å². The fourth-order valence-electron chi connectivity index (χ4n) is 3.31. The predicted molar refractivity (Wildman–Crippen MR) is 108 cm³/mol. The summed E-state index contributed by atoms with van der Waals surface area (Å²) in [6.07, 6.45) is 2.97. The third kappa shape index (κ3) is 4.10. The summed E-state index contributed by atoms with van der Waals surface area (Å²) in [6, 6.07) is 7.09. The lowest BCUT2D eigenvalue weighted by atomic mass is 10.1. The molecule has 0 aliphatic carbocycles. The number of hydrogen-bond donors (Lipinski definition) is 1. The topological polar surface area (TPSA) is 106 Å². The number of pyridine rings is 1. The molecule has 0 spiro atoms. The van der Waals surface area contributed by atoms with Crippen molar-refractivity contribution in [1.29, 1.82) is 5.26 Å². The van der Waals surface area contributed by atoms with Crippen LogP contribution in [0, 0.1) is 18.3 Å². The van der Waals surface area contributed by atoms with E-state index in [0.29, 0.717) is 34.9 Å². The zero-order valence-electron chi connectivity index (χ0n) is 16.6. The first-order valence-electron chi connectivity index (χ1n) is 9.24. The minimum Gasteiger partial charge on any atom is -0.497 e. The summed E-state index contributed by atoms with van der Waals surface area (Å²) < 4.78 is 17.3. The monoisotopic (exact) mass is 397 g/mol. The van der Waals surface area contributed by atoms with Crippen molar-refractivity contribution >= 4 is 11.9 Å². The number of hydrogen-bond acceptors (Lipinski definition) is 7. The van der Waals surface area contributed by atoms with Crippen molar-refractivity contribution in [2.75, 3.05) is 20.8 Å². The number of nitrogens with zero attached hydrogens (tertiary/aromatic N) is 3. The number of benzene rings is 1. The molecule has 1 fully saturated rings. The molecule has 29 heavy (non-hydrogen) atoms. The van der Waals surface area contributed by atoms with Crippen molar-refractivity contribution in [2.24, 2.45) is 4.99 Å². The molecule has 3 rings (SSSR count). The summed E-state index contributed by atoms with van der Waals surface area (Å²) in [7, 11) is 3.08. The van der Waals surface area contributed by atoms with E-state index in [2.05, 4.69) is 4.99 Å². The van der Waals surface area contributed by atoms with E-state index in [1.165, 1.54) is 17.9 Å². The molecule has 0 saturated carbocycles. The maximum atomic E-state index is 12.7. The van der Waals surface area contributed by atoms with Crippen LogP contribution in [0.2, 0.25) is 0 Å². The van der Waals surface area contributed by atoms with E-state index in [9.17, 15) is 15.2 Å². The molecular formula is C21H23N3O5. The second kappa shape index (κ2) is 8.80. The lowest BCUT2D eigenvalue weighted by Gasteiger charge is -2.17. The van der Waals surface area contributed by atoms with Gasteiger partial charge in [-0.05, 0) is 37.5 Å². The number of nitriles is 1. The van der Waals surface area contributed by atoms with Gasteiger partial charge in [-0.1, -0.05) is 0 Å². The number of rotatable bonds is 6. The van der Waals surface area contributed by atoms with Crippen molar-refractivity contribution in [3.05, 3.63) is 45.2 Å². The van der Waals surface area contributed by atoms with Gasteiger partial charge in [0.2, 0.25) is 5.88 Å². The van der Waals surface area contributed by atoms with Gasteiger partial charge in [-0.3, -0.25) is 14.4 Å². The van der Waals surface area contributed by atoms with E-state index >= 15 is 0 Å². The summed E-state index contributed by atoms with van der Waals surface area (Å²) in [4.78, 5) is 17.1. The summed E-state index contributed by atoms with van der Waals surface area (Å²) in [5, 5.41) is 20.2. The average molecular weight is 397 g/mol. The molecular weight excluding hydrogens is 374 g/mol. The van der Waals surface area contributed by atoms with E-state index in [-0.39, 0.29) is 24.1 Å². The summed E-state index contributed by atoms with van der Waals surface area (Å²) in [5.41, 5.74) is 0.635. The predicted octanol–water partition coefficient (Wildman–Crippen LogP) is 2.68. The summed E-state index contributed by atoms with van der Waals surface area (Å²) >= 11 is 0. The van der Waals surface area contributed by atoms with Crippen LogP contribution < -0.4 is 15.0 Å². The van der Waals surface area contributed by atoms with Gasteiger partial charge < -0.3 is 19.3 Å². The van der Waals surface area contributed by atoms with Gasteiger partial charge in [-0.2, -0.15) is 5.26 Å². The van der Waals surface area contributed by atoms with Gasteiger partial charge in [0.05, 0.1) is 32.4 Å². The normalized spacial score (nSPS) is 16.1. The Kier molecular flexibility index (Phi) is 6.20. The molecule has 2 aromatic rings. The number of methoxy groups -OCH3 is 2. The first-order valence-corrected chi connectivity index (χ1v) is 9.24. The number of aromatic nitrogens is 1. The van der Waals surface area contributed by atoms with Crippen molar-refractivity contribution in [3.63, 3.8) is 0 Å². The fourth-order valence-corrected chi connectivity index (χ4v) is 3.31. The van der Waals surface area contributed by atoms with Crippen LogP contribution in [0.15, 0.2) is 28.0 Å². The minimum atomic E-state index is -0.530. The largest absolute Gasteiger partial charge is 0.497 e. The van der Waals surface area contributed by atoms with E-state index in [0.717, 1.165) is 12.8 Å². The smallest absolute Gasteiger partial charge is 0.271 e. The van der Waals surface area contributed by atoms with Crippen LogP contribution in [0.3, 0.4) is 0 Å². The maximum Gasteiger partial charge on any atom is 0.271 e. The molecule has 152 valence electrons. The summed E-state index contributed by atoms with van der Waals surface area (Å²) in [5.74, 6) is 0.876. The Morgan fingerprint density at radius 3 is 2.83 bits per heavy atom. The zero-order valence-corrected chi connectivity index (χ0v) is 16.6. The van der Waals surface area contributed by atoms with E-state index in [1.807, 2.05) is 6.07 Å². The fraction of sp³-hybridized carbons (Fsp3) is 0.381. The number of ether oxygens (including phenoxy) is 3. The van der Waals surface area contributed by atoms with Crippen molar-refractivity contribution in [1.82, 2.24) is 4.57 Å². The standard InChI is InChI=1S/C21H23N3O5/c1-13-16(10-22)20(25)24(12-15-5-4-8-29-15)21(26)17(13)11-23-18-7-6-14(27-2)9-19(18)28-3/h6-7,9,11,15,26H,4-5,8,12H2,1-3H3.